The van der Waals surface area contributed by atoms with Crippen LogP contribution in [-0.2, 0) is 19.1 Å². The van der Waals surface area contributed by atoms with E-state index in [0.717, 1.165) is 5.56 Å². The molecule has 2 heterocycles. The Bertz CT molecular complexity index is 1710. The second kappa shape index (κ2) is 12.1. The van der Waals surface area contributed by atoms with Crippen LogP contribution in [0.15, 0.2) is 72.8 Å². The van der Waals surface area contributed by atoms with Gasteiger partial charge in [0.1, 0.15) is 11.8 Å². The van der Waals surface area contributed by atoms with E-state index in [1.165, 1.54) is 39.2 Å². The van der Waals surface area contributed by atoms with Crippen LogP contribution >= 0.6 is 0 Å². The van der Waals surface area contributed by atoms with Crippen molar-refractivity contribution in [1.29, 1.82) is 5.26 Å². The third kappa shape index (κ3) is 5.07. The average molecular weight is 595 g/mol. The number of anilines is 1. The summed E-state index contributed by atoms with van der Waals surface area (Å²) < 4.78 is 21.5. The molecule has 4 atom stereocenters. The maximum atomic E-state index is 14.6. The predicted molar refractivity (Wildman–Crippen MR) is 159 cm³/mol. The smallest absolute Gasteiger partial charge is 0.329 e. The molecule has 0 aromatic heterocycles. The Morgan fingerprint density at radius 1 is 0.932 bits per heavy atom. The third-order valence-electron chi connectivity index (χ3n) is 7.81. The monoisotopic (exact) mass is 594 g/mol. The van der Waals surface area contributed by atoms with Gasteiger partial charge in [-0.2, -0.15) is 5.26 Å². The zero-order chi connectivity index (χ0) is 31.6. The summed E-state index contributed by atoms with van der Waals surface area (Å²) >= 11 is 0. The van der Waals surface area contributed by atoms with Gasteiger partial charge in [-0.1, -0.05) is 36.4 Å². The molecule has 0 unspecified atom stereocenters. The first kappa shape index (κ1) is 30.0. The number of carbonyl (C=O) groups excluding carboxylic acids is 4. The number of rotatable bonds is 8. The maximum absolute atomic E-state index is 14.6. The van der Waals surface area contributed by atoms with E-state index in [1.807, 2.05) is 35.2 Å². The van der Waals surface area contributed by atoms with Gasteiger partial charge in [0.05, 0.1) is 25.8 Å². The lowest BCUT2D eigenvalue weighted by Gasteiger charge is -2.36. The normalized spacial score (nSPS) is 21.3. The second-order valence-electron chi connectivity index (χ2n) is 10.4. The lowest BCUT2D eigenvalue weighted by Crippen LogP contribution is -2.47. The molecule has 0 spiro atoms. The lowest BCUT2D eigenvalue weighted by molar-refractivity contribution is -0.152. The van der Waals surface area contributed by atoms with E-state index >= 15 is 0 Å². The number of para-hydroxylation sites is 1. The first-order chi connectivity index (χ1) is 21.2. The molecule has 5 rings (SSSR count). The van der Waals surface area contributed by atoms with Crippen molar-refractivity contribution in [2.75, 3.05) is 18.6 Å². The summed E-state index contributed by atoms with van der Waals surface area (Å²) in [5.41, 5.74) is 0.326. The lowest BCUT2D eigenvalue weighted by atomic mass is 9.68. The van der Waals surface area contributed by atoms with Crippen LogP contribution < -0.4 is 19.1 Å². The van der Waals surface area contributed by atoms with Gasteiger partial charge < -0.3 is 23.8 Å². The zero-order valence-electron chi connectivity index (χ0n) is 24.6. The third-order valence-corrected chi connectivity index (χ3v) is 7.81. The van der Waals surface area contributed by atoms with Gasteiger partial charge in [-0.25, -0.2) is 0 Å². The molecule has 10 nitrogen and oxygen atoms in total. The Balaban J connectivity index is 1.76. The first-order valence-corrected chi connectivity index (χ1v) is 14.0. The Morgan fingerprint density at radius 2 is 1.64 bits per heavy atom. The molecule has 0 N–H and O–H groups in total. The number of hydrogen-bond acceptors (Lipinski definition) is 10. The van der Waals surface area contributed by atoms with Crippen molar-refractivity contribution in [3.05, 3.63) is 89.5 Å². The van der Waals surface area contributed by atoms with Crippen LogP contribution in [0, 0.1) is 16.7 Å². The molecule has 0 bridgehead atoms. The summed E-state index contributed by atoms with van der Waals surface area (Å²) in [4.78, 5) is 53.7. The largest absolute Gasteiger partial charge is 0.493 e. The summed E-state index contributed by atoms with van der Waals surface area (Å²) in [6.07, 6.45) is 3.60. The molecule has 0 amide bonds. The summed E-state index contributed by atoms with van der Waals surface area (Å²) in [6.45, 7) is 4.21. The number of ether oxygens (including phenoxy) is 4. The molecule has 10 heteroatoms. The Labute approximate surface area is 254 Å². The molecule has 2 aliphatic heterocycles. The number of benzene rings is 3. The van der Waals surface area contributed by atoms with E-state index in [4.69, 9.17) is 18.9 Å². The van der Waals surface area contributed by atoms with Crippen molar-refractivity contribution in [2.45, 2.75) is 38.8 Å². The Morgan fingerprint density at radius 3 is 2.27 bits per heavy atom. The number of fused-ring (bicyclic) bond motifs is 3. The van der Waals surface area contributed by atoms with Gasteiger partial charge in [0.25, 0.3) is 0 Å². The van der Waals surface area contributed by atoms with Crippen LogP contribution in [0.3, 0.4) is 0 Å². The van der Waals surface area contributed by atoms with Crippen molar-refractivity contribution in [3.8, 4) is 23.3 Å². The van der Waals surface area contributed by atoms with Gasteiger partial charge in [-0.3, -0.25) is 19.2 Å². The summed E-state index contributed by atoms with van der Waals surface area (Å²) in [7, 11) is 1.40. The van der Waals surface area contributed by atoms with Crippen molar-refractivity contribution in [1.82, 2.24) is 0 Å². The minimum absolute atomic E-state index is 0.0208. The van der Waals surface area contributed by atoms with Gasteiger partial charge >= 0.3 is 17.9 Å². The number of methoxy groups -OCH3 is 1. The molecule has 1 saturated heterocycles. The van der Waals surface area contributed by atoms with Gasteiger partial charge in [0.2, 0.25) is 0 Å². The number of hydrogen-bond donors (Lipinski definition) is 0. The number of nitrogens with zero attached hydrogens (tertiary/aromatic N) is 2. The molecule has 3 aromatic rings. The number of esters is 3. The average Bonchev–Trinajstić information content (AvgIpc) is 3.32. The predicted octanol–water partition coefficient (Wildman–Crippen LogP) is 4.87. The van der Waals surface area contributed by atoms with Crippen molar-refractivity contribution < 1.29 is 38.1 Å². The molecule has 1 fully saturated rings. The second-order valence-corrected chi connectivity index (χ2v) is 10.4. The highest BCUT2D eigenvalue weighted by molar-refractivity contribution is 6.06. The van der Waals surface area contributed by atoms with Crippen LogP contribution in [0.4, 0.5) is 5.69 Å². The van der Waals surface area contributed by atoms with E-state index in [9.17, 15) is 24.4 Å². The maximum Gasteiger partial charge on any atom is 0.329 e. The van der Waals surface area contributed by atoms with Crippen LogP contribution in [0.25, 0.3) is 6.08 Å². The van der Waals surface area contributed by atoms with E-state index in [2.05, 4.69) is 6.07 Å². The van der Waals surface area contributed by atoms with E-state index in [1.54, 1.807) is 37.3 Å². The van der Waals surface area contributed by atoms with Gasteiger partial charge in [-0.15, -0.1) is 0 Å². The highest BCUT2D eigenvalue weighted by atomic mass is 16.6. The molecular formula is C34H30N2O8. The fraction of sp³-hybridized carbons (Fsp3) is 0.265. The molecule has 3 aromatic carbocycles. The number of Topliss-reactive ketones (excluding diaryl/α,β-unsaturated/α-hetero) is 1. The molecular weight excluding hydrogens is 564 g/mol. The van der Waals surface area contributed by atoms with E-state index < -0.39 is 41.3 Å². The van der Waals surface area contributed by atoms with E-state index in [-0.39, 0.29) is 35.2 Å². The van der Waals surface area contributed by atoms with Crippen LogP contribution in [0.2, 0.25) is 0 Å². The first-order valence-electron chi connectivity index (χ1n) is 14.0. The standard InChI is InChI=1S/C34H30N2O8/c1-5-42-33(40)34(19-35)29-17-13-22-8-6-7-9-26(22)36(29)31(32(39)23-10-14-25(15-11-23)43-20(2)37)30(34)24-12-16-27(44-21(3)38)28(18-24)41-4/h6-18,29-31H,5H2,1-4H3/t29-,30-,31-,34-/m0/s1. The number of carbonyl (C=O) groups is 4. The number of ketones is 1. The van der Waals surface area contributed by atoms with E-state index in [0.29, 0.717) is 11.3 Å². The van der Waals surface area contributed by atoms with Crippen molar-refractivity contribution in [3.63, 3.8) is 0 Å². The topological polar surface area (TPSA) is 132 Å². The Hall–Kier alpha value is -5.43. The SMILES string of the molecule is CCOC(=O)[C@@]1(C#N)[C@@H]2C=Cc3ccccc3N2[C@H](C(=O)c2ccc(OC(C)=O)cc2)[C@@H]1c1ccc(OC(C)=O)c(OC)c1. The molecule has 224 valence electrons. The summed E-state index contributed by atoms with van der Waals surface area (Å²) in [5, 5.41) is 11.0. The van der Waals surface area contributed by atoms with Crippen LogP contribution in [0.5, 0.6) is 17.2 Å². The van der Waals surface area contributed by atoms with Gasteiger partial charge in [0, 0.05) is 31.0 Å². The Kier molecular flexibility index (Phi) is 8.23. The minimum Gasteiger partial charge on any atom is -0.493 e. The van der Waals surface area contributed by atoms with Crippen molar-refractivity contribution in [2.24, 2.45) is 5.41 Å². The fourth-order valence-electron chi connectivity index (χ4n) is 6.13. The zero-order valence-corrected chi connectivity index (χ0v) is 24.6. The highest BCUT2D eigenvalue weighted by Crippen LogP contribution is 2.57. The molecule has 2 aliphatic rings. The molecule has 0 saturated carbocycles. The van der Waals surface area contributed by atoms with Gasteiger partial charge in [-0.05, 0) is 60.5 Å². The summed E-state index contributed by atoms with van der Waals surface area (Å²) in [6, 6.07) is 18.6. The molecule has 0 aliphatic carbocycles. The fourth-order valence-corrected chi connectivity index (χ4v) is 6.13. The molecule has 44 heavy (non-hydrogen) atoms. The summed E-state index contributed by atoms with van der Waals surface area (Å²) in [5.74, 6) is -2.66. The quantitative estimate of drug-likeness (QED) is 0.202. The van der Waals surface area contributed by atoms with Gasteiger partial charge in [0.15, 0.2) is 22.7 Å². The van der Waals surface area contributed by atoms with Crippen molar-refractivity contribution >= 4 is 35.5 Å². The number of nitriles is 1. The molecule has 0 radical (unpaired) electrons. The van der Waals surface area contributed by atoms with Crippen LogP contribution in [-0.4, -0.2) is 49.5 Å². The minimum atomic E-state index is -1.87. The van der Waals surface area contributed by atoms with Crippen LogP contribution in [0.1, 0.15) is 48.2 Å². The highest BCUT2D eigenvalue weighted by Gasteiger charge is 2.67.